The third kappa shape index (κ3) is 4.33. The van der Waals surface area contributed by atoms with Crippen molar-refractivity contribution < 1.29 is 27.9 Å². The molecule has 40 heavy (non-hydrogen) atoms. The maximum atomic E-state index is 15.2. The Morgan fingerprint density at radius 2 is 1.68 bits per heavy atom. The van der Waals surface area contributed by atoms with Crippen LogP contribution in [0.25, 0.3) is 0 Å². The van der Waals surface area contributed by atoms with Gasteiger partial charge in [0.1, 0.15) is 34.5 Å². The summed E-state index contributed by atoms with van der Waals surface area (Å²) in [5.41, 5.74) is -3.96. The first-order valence-electron chi connectivity index (χ1n) is 12.4. The first-order valence-corrected chi connectivity index (χ1v) is 12.4. The van der Waals surface area contributed by atoms with Crippen LogP contribution in [0.15, 0.2) is 56.5 Å². The predicted octanol–water partition coefficient (Wildman–Crippen LogP) is 5.26. The minimum atomic E-state index is -1.30. The fourth-order valence-electron chi connectivity index (χ4n) is 4.86. The molecule has 2 heterocycles. The first kappa shape index (κ1) is 26.8. The smallest absolute Gasteiger partial charge is 0.337 e. The van der Waals surface area contributed by atoms with E-state index in [9.17, 15) is 28.7 Å². The second-order valence-corrected chi connectivity index (χ2v) is 10.7. The van der Waals surface area contributed by atoms with Gasteiger partial charge in [0.15, 0.2) is 0 Å². The lowest BCUT2D eigenvalue weighted by atomic mass is 9.85. The zero-order valence-corrected chi connectivity index (χ0v) is 22.0. The zero-order chi connectivity index (χ0) is 29.1. The van der Waals surface area contributed by atoms with Gasteiger partial charge in [-0.1, -0.05) is 32.9 Å². The second-order valence-electron chi connectivity index (χ2n) is 10.7. The van der Waals surface area contributed by atoms with Gasteiger partial charge in [-0.05, 0) is 36.6 Å². The molecule has 0 saturated carbocycles. The SMILES string of the molecule is Cc1ccc([C@H](Nc2c(Nc3c(F)cc(F)c4c3C(=O)N(c3ccccc3C(=O)O)C4)c(=O)c2=O)C(C)(C)C)o1. The molecule has 0 saturated heterocycles. The summed E-state index contributed by atoms with van der Waals surface area (Å²) in [6.45, 7) is 7.10. The number of amides is 1. The van der Waals surface area contributed by atoms with E-state index >= 15 is 4.39 Å². The van der Waals surface area contributed by atoms with Crippen molar-refractivity contribution in [2.75, 3.05) is 15.5 Å². The minimum Gasteiger partial charge on any atom is -0.478 e. The van der Waals surface area contributed by atoms with Crippen LogP contribution in [0.4, 0.5) is 31.5 Å². The van der Waals surface area contributed by atoms with E-state index in [2.05, 4.69) is 10.6 Å². The zero-order valence-electron chi connectivity index (χ0n) is 22.0. The summed E-state index contributed by atoms with van der Waals surface area (Å²) in [7, 11) is 0. The standard InChI is InChI=1S/C29H25F2N3O6/c1-13-9-10-19(40-13)26(29(2,3)4)33-23-22(24(35)25(23)36)32-21-17(31)11-16(30)15-12-34(27(37)20(15)21)18-8-6-5-7-14(18)28(38)39/h5-11,26,32-33H,12H2,1-4H3,(H,38,39)/t26-/m0/s1. The van der Waals surface area contributed by atoms with Gasteiger partial charge in [-0.3, -0.25) is 14.4 Å². The van der Waals surface area contributed by atoms with Crippen molar-refractivity contribution in [3.63, 3.8) is 0 Å². The Hall–Kier alpha value is -4.80. The van der Waals surface area contributed by atoms with Gasteiger partial charge in [0.2, 0.25) is 0 Å². The van der Waals surface area contributed by atoms with E-state index in [1.54, 1.807) is 19.1 Å². The molecule has 5 rings (SSSR count). The van der Waals surface area contributed by atoms with Crippen molar-refractivity contribution in [2.45, 2.75) is 40.3 Å². The number of carboxylic acid groups (broad SMARTS) is 1. The highest BCUT2D eigenvalue weighted by Crippen LogP contribution is 2.41. The molecule has 0 spiro atoms. The number of halogens is 2. The van der Waals surface area contributed by atoms with Crippen LogP contribution >= 0.6 is 0 Å². The molecule has 1 aromatic heterocycles. The van der Waals surface area contributed by atoms with Gasteiger partial charge in [0.25, 0.3) is 16.8 Å². The number of aromatic carboxylic acids is 1. The highest BCUT2D eigenvalue weighted by Gasteiger charge is 2.38. The number of carbonyl (C=O) groups is 2. The van der Waals surface area contributed by atoms with Gasteiger partial charge in [-0.25, -0.2) is 13.6 Å². The Bertz CT molecular complexity index is 1760. The number of hydrogen-bond acceptors (Lipinski definition) is 7. The molecule has 0 fully saturated rings. The first-order chi connectivity index (χ1) is 18.8. The van der Waals surface area contributed by atoms with Crippen molar-refractivity contribution in [1.82, 2.24) is 0 Å². The average molecular weight is 550 g/mol. The van der Waals surface area contributed by atoms with Crippen LogP contribution in [-0.2, 0) is 6.54 Å². The predicted molar refractivity (Wildman–Crippen MR) is 144 cm³/mol. The van der Waals surface area contributed by atoms with Gasteiger partial charge in [-0.15, -0.1) is 0 Å². The number of benzene rings is 2. The minimum absolute atomic E-state index is 0.000174. The number of fused-ring (bicyclic) bond motifs is 1. The number of nitrogens with one attached hydrogen (secondary N) is 2. The molecule has 1 aliphatic rings. The van der Waals surface area contributed by atoms with Crippen LogP contribution in [0, 0.1) is 24.0 Å². The summed E-state index contributed by atoms with van der Waals surface area (Å²) < 4.78 is 35.8. The monoisotopic (exact) mass is 549 g/mol. The van der Waals surface area contributed by atoms with Crippen molar-refractivity contribution in [1.29, 1.82) is 0 Å². The maximum Gasteiger partial charge on any atom is 0.337 e. The molecule has 1 atom stereocenters. The molecule has 0 bridgehead atoms. The van der Waals surface area contributed by atoms with Crippen molar-refractivity contribution in [2.24, 2.45) is 5.41 Å². The van der Waals surface area contributed by atoms with Gasteiger partial charge in [0.05, 0.1) is 35.1 Å². The fourth-order valence-corrected chi connectivity index (χ4v) is 4.86. The fraction of sp³-hybridized carbons (Fsp3) is 0.241. The number of furan rings is 1. The van der Waals surface area contributed by atoms with E-state index in [0.717, 1.165) is 4.90 Å². The number of nitrogens with zero attached hydrogens (tertiary/aromatic N) is 1. The van der Waals surface area contributed by atoms with E-state index in [-0.39, 0.29) is 34.7 Å². The maximum absolute atomic E-state index is 15.2. The third-order valence-corrected chi connectivity index (χ3v) is 6.89. The van der Waals surface area contributed by atoms with Crippen LogP contribution in [0.5, 0.6) is 0 Å². The van der Waals surface area contributed by atoms with E-state index in [1.165, 1.54) is 24.3 Å². The Balaban J connectivity index is 1.55. The number of rotatable bonds is 7. The number of para-hydroxylation sites is 1. The number of hydrogen-bond donors (Lipinski definition) is 3. The van der Waals surface area contributed by atoms with Crippen LogP contribution in [0.1, 0.15) is 64.6 Å². The summed E-state index contributed by atoms with van der Waals surface area (Å²) >= 11 is 0. The third-order valence-electron chi connectivity index (χ3n) is 6.89. The van der Waals surface area contributed by atoms with Gasteiger partial charge in [-0.2, -0.15) is 0 Å². The van der Waals surface area contributed by atoms with Gasteiger partial charge in [0, 0.05) is 11.6 Å². The molecule has 0 aliphatic carbocycles. The summed E-state index contributed by atoms with van der Waals surface area (Å²) in [4.78, 5) is 51.5. The van der Waals surface area contributed by atoms with Crippen LogP contribution in [0.3, 0.4) is 0 Å². The Labute approximate surface area is 226 Å². The molecular formula is C29H25F2N3O6. The molecule has 0 unspecified atom stereocenters. The van der Waals surface area contributed by atoms with E-state index < -0.39 is 57.1 Å². The van der Waals surface area contributed by atoms with E-state index in [1.807, 2.05) is 20.8 Å². The average Bonchev–Trinajstić information content (AvgIpc) is 3.47. The van der Waals surface area contributed by atoms with Crippen LogP contribution in [-0.4, -0.2) is 17.0 Å². The number of carboxylic acids is 1. The van der Waals surface area contributed by atoms with Gasteiger partial charge < -0.3 is 25.1 Å². The highest BCUT2D eigenvalue weighted by atomic mass is 19.1. The number of aryl methyl sites for hydroxylation is 1. The molecule has 1 aliphatic heterocycles. The van der Waals surface area contributed by atoms with E-state index in [0.29, 0.717) is 17.6 Å². The summed E-state index contributed by atoms with van der Waals surface area (Å²) in [6.07, 6.45) is 0. The van der Waals surface area contributed by atoms with Gasteiger partial charge >= 0.3 is 5.97 Å². The molecule has 0 radical (unpaired) electrons. The molecule has 9 nitrogen and oxygen atoms in total. The van der Waals surface area contributed by atoms with Crippen LogP contribution in [0.2, 0.25) is 0 Å². The Morgan fingerprint density at radius 3 is 2.30 bits per heavy atom. The lowest BCUT2D eigenvalue weighted by molar-refractivity contribution is 0.0697. The Kier molecular flexibility index (Phi) is 6.32. The molecule has 11 heteroatoms. The van der Waals surface area contributed by atoms with Crippen molar-refractivity contribution in [3.8, 4) is 0 Å². The number of carbonyl (C=O) groups excluding carboxylic acids is 1. The van der Waals surface area contributed by atoms with E-state index in [4.69, 9.17) is 4.42 Å². The highest BCUT2D eigenvalue weighted by molar-refractivity contribution is 6.16. The molecule has 3 N–H and O–H groups in total. The topological polar surface area (TPSA) is 129 Å². The lowest BCUT2D eigenvalue weighted by Gasteiger charge is -2.31. The lowest BCUT2D eigenvalue weighted by Crippen LogP contribution is -2.39. The molecule has 206 valence electrons. The summed E-state index contributed by atoms with van der Waals surface area (Å²) in [5, 5.41) is 15.2. The molecule has 1 amide bonds. The molecule has 3 aromatic carbocycles. The van der Waals surface area contributed by atoms with Crippen LogP contribution < -0.4 is 26.4 Å². The quantitative estimate of drug-likeness (QED) is 0.266. The molecular weight excluding hydrogens is 524 g/mol. The largest absolute Gasteiger partial charge is 0.478 e. The summed E-state index contributed by atoms with van der Waals surface area (Å²) in [6, 6.07) is 9.18. The normalized spacial score (nSPS) is 13.9. The number of anilines is 4. The molecule has 4 aromatic rings. The second kappa shape index (κ2) is 9.44. The Morgan fingerprint density at radius 1 is 1.00 bits per heavy atom. The van der Waals surface area contributed by atoms with Crippen molar-refractivity contribution >= 4 is 34.6 Å². The van der Waals surface area contributed by atoms with Crippen molar-refractivity contribution in [3.05, 3.63) is 103 Å². The summed E-state index contributed by atoms with van der Waals surface area (Å²) in [5.74, 6) is -3.18.